The third-order valence-electron chi connectivity index (χ3n) is 5.33. The summed E-state index contributed by atoms with van der Waals surface area (Å²) < 4.78 is 28.9. The van der Waals surface area contributed by atoms with Crippen LogP contribution in [0.4, 0.5) is 0 Å². The van der Waals surface area contributed by atoms with Crippen LogP contribution in [-0.2, 0) is 14.6 Å². The molecule has 28 heavy (non-hydrogen) atoms. The maximum atomic E-state index is 12.4. The second-order valence-corrected chi connectivity index (χ2v) is 9.61. The van der Waals surface area contributed by atoms with Gasteiger partial charge in [0.1, 0.15) is 11.9 Å². The molecule has 0 radical (unpaired) electrons. The number of amides is 2. The number of nitrogens with zero attached hydrogens (tertiary/aromatic N) is 1. The van der Waals surface area contributed by atoms with Crippen LogP contribution in [0.5, 0.6) is 5.75 Å². The molecule has 2 heterocycles. The van der Waals surface area contributed by atoms with Gasteiger partial charge in [-0.05, 0) is 37.1 Å². The number of ether oxygens (including phenoxy) is 1. The Hall–Kier alpha value is -2.35. The topological polar surface area (TPSA) is 92.8 Å². The van der Waals surface area contributed by atoms with Crippen molar-refractivity contribution in [1.82, 2.24) is 10.2 Å². The van der Waals surface area contributed by atoms with E-state index < -0.39 is 15.9 Å². The first-order valence-electron chi connectivity index (χ1n) is 9.67. The monoisotopic (exact) mass is 404 g/mol. The highest BCUT2D eigenvalue weighted by Gasteiger charge is 2.35. The summed E-state index contributed by atoms with van der Waals surface area (Å²) in [4.78, 5) is 26.5. The molecule has 0 bridgehead atoms. The molecule has 1 aromatic rings. The molecule has 0 unspecified atom stereocenters. The Bertz CT molecular complexity index is 899. The van der Waals surface area contributed by atoms with Gasteiger partial charge in [0.2, 0.25) is 5.91 Å². The van der Waals surface area contributed by atoms with Gasteiger partial charge in [0, 0.05) is 42.8 Å². The van der Waals surface area contributed by atoms with E-state index in [0.29, 0.717) is 24.4 Å². The number of hydrogen-bond donors (Lipinski definition) is 1. The minimum atomic E-state index is -3.21. The van der Waals surface area contributed by atoms with Crippen molar-refractivity contribution in [2.45, 2.75) is 37.8 Å². The van der Waals surface area contributed by atoms with Gasteiger partial charge in [-0.25, -0.2) is 8.42 Å². The van der Waals surface area contributed by atoms with Crippen molar-refractivity contribution in [1.29, 1.82) is 0 Å². The van der Waals surface area contributed by atoms with Crippen molar-refractivity contribution in [2.75, 3.05) is 18.8 Å². The highest BCUT2D eigenvalue weighted by atomic mass is 32.2. The number of benzene rings is 1. The number of sulfone groups is 1. The van der Waals surface area contributed by atoms with E-state index in [1.807, 2.05) is 4.90 Å². The molecule has 1 saturated carbocycles. The van der Waals surface area contributed by atoms with Crippen molar-refractivity contribution in [2.24, 2.45) is 5.92 Å². The van der Waals surface area contributed by atoms with Gasteiger partial charge in [-0.1, -0.05) is 6.07 Å². The fourth-order valence-electron chi connectivity index (χ4n) is 3.60. The summed E-state index contributed by atoms with van der Waals surface area (Å²) in [5, 5.41) is 3.85. The maximum Gasteiger partial charge on any atom is 0.251 e. The molecule has 1 aliphatic carbocycles. The largest absolute Gasteiger partial charge is 0.490 e. The van der Waals surface area contributed by atoms with Crippen molar-refractivity contribution in [3.05, 3.63) is 41.3 Å². The lowest BCUT2D eigenvalue weighted by atomic mass is 10.1. The molecule has 1 aromatic carbocycles. The van der Waals surface area contributed by atoms with E-state index in [0.717, 1.165) is 31.1 Å². The minimum Gasteiger partial charge on any atom is -0.490 e. The fraction of sp³-hybridized carbons (Fsp3) is 0.500. The number of carbonyl (C=O) groups excluding carboxylic acids is 2. The van der Waals surface area contributed by atoms with Gasteiger partial charge < -0.3 is 15.0 Å². The summed E-state index contributed by atoms with van der Waals surface area (Å²) in [5.74, 6) is 0.696. The van der Waals surface area contributed by atoms with Gasteiger partial charge in [0.05, 0.1) is 11.8 Å². The summed E-state index contributed by atoms with van der Waals surface area (Å²) in [6, 6.07) is 6.39. The lowest BCUT2D eigenvalue weighted by molar-refractivity contribution is -0.134. The molecule has 0 spiro atoms. The molecule has 0 aromatic heterocycles. The summed E-state index contributed by atoms with van der Waals surface area (Å²) in [5.41, 5.74) is 0.427. The summed E-state index contributed by atoms with van der Waals surface area (Å²) in [7, 11) is -3.21. The zero-order valence-electron chi connectivity index (χ0n) is 15.5. The third-order valence-corrected chi connectivity index (χ3v) is 6.72. The number of piperidine rings is 1. The van der Waals surface area contributed by atoms with Gasteiger partial charge in [-0.15, -0.1) is 0 Å². The Morgan fingerprint density at radius 1 is 1.11 bits per heavy atom. The van der Waals surface area contributed by atoms with Crippen LogP contribution in [-0.4, -0.2) is 56.1 Å². The molecular formula is C20H24N2O5S. The van der Waals surface area contributed by atoms with Crippen LogP contribution in [0.2, 0.25) is 0 Å². The first-order valence-corrected chi connectivity index (χ1v) is 11.4. The molecule has 2 amide bonds. The SMILES string of the molecule is O=C(N[C@@H]1C=CS(=O)(=O)C1)c1cccc(OC2CCN(C(=O)C3CC3)CC2)c1. The van der Waals surface area contributed by atoms with Gasteiger partial charge in [0.15, 0.2) is 9.84 Å². The van der Waals surface area contributed by atoms with Crippen LogP contribution >= 0.6 is 0 Å². The Balaban J connectivity index is 1.31. The van der Waals surface area contributed by atoms with Crippen molar-refractivity contribution < 1.29 is 22.7 Å². The van der Waals surface area contributed by atoms with Gasteiger partial charge in [-0.2, -0.15) is 0 Å². The van der Waals surface area contributed by atoms with Gasteiger partial charge in [-0.3, -0.25) is 9.59 Å². The van der Waals surface area contributed by atoms with Crippen molar-refractivity contribution >= 4 is 21.7 Å². The molecule has 4 rings (SSSR count). The third kappa shape index (κ3) is 4.55. The normalized spacial score (nSPS) is 24.1. The summed E-state index contributed by atoms with van der Waals surface area (Å²) in [6.07, 6.45) is 5.10. The Morgan fingerprint density at radius 2 is 1.86 bits per heavy atom. The minimum absolute atomic E-state index is 0.0180. The molecule has 2 aliphatic heterocycles. The Kier molecular flexibility index (Phi) is 5.14. The van der Waals surface area contributed by atoms with E-state index in [9.17, 15) is 18.0 Å². The average molecular weight is 404 g/mol. The molecule has 7 nitrogen and oxygen atoms in total. The van der Waals surface area contributed by atoms with E-state index in [1.54, 1.807) is 24.3 Å². The Morgan fingerprint density at radius 3 is 2.50 bits per heavy atom. The zero-order valence-corrected chi connectivity index (χ0v) is 16.4. The number of nitrogens with one attached hydrogen (secondary N) is 1. The predicted molar refractivity (Wildman–Crippen MR) is 104 cm³/mol. The van der Waals surface area contributed by atoms with Crippen LogP contribution in [0.15, 0.2) is 35.7 Å². The molecular weight excluding hydrogens is 380 g/mol. The number of likely N-dealkylation sites (tertiary alicyclic amines) is 1. The first kappa shape index (κ1) is 19.0. The molecule has 1 atom stereocenters. The Labute approximate surface area is 164 Å². The maximum absolute atomic E-state index is 12.4. The molecule has 150 valence electrons. The van der Waals surface area contributed by atoms with E-state index in [2.05, 4.69) is 5.32 Å². The molecule has 2 fully saturated rings. The highest BCUT2D eigenvalue weighted by molar-refractivity contribution is 7.94. The summed E-state index contributed by atoms with van der Waals surface area (Å²) in [6.45, 7) is 1.42. The smallest absolute Gasteiger partial charge is 0.251 e. The van der Waals surface area contributed by atoms with E-state index in [1.165, 1.54) is 6.08 Å². The van der Waals surface area contributed by atoms with Crippen molar-refractivity contribution in [3.63, 3.8) is 0 Å². The second-order valence-electron chi connectivity index (χ2n) is 7.68. The molecule has 1 saturated heterocycles. The van der Waals surface area contributed by atoms with Crippen LogP contribution < -0.4 is 10.1 Å². The fourth-order valence-corrected chi connectivity index (χ4v) is 4.84. The van der Waals surface area contributed by atoms with E-state index in [-0.39, 0.29) is 29.6 Å². The van der Waals surface area contributed by atoms with Crippen LogP contribution in [0, 0.1) is 5.92 Å². The number of hydrogen-bond acceptors (Lipinski definition) is 5. The quantitative estimate of drug-likeness (QED) is 0.803. The predicted octanol–water partition coefficient (Wildman–Crippen LogP) is 1.51. The van der Waals surface area contributed by atoms with Gasteiger partial charge >= 0.3 is 0 Å². The highest BCUT2D eigenvalue weighted by Crippen LogP contribution is 2.32. The molecule has 3 aliphatic rings. The van der Waals surface area contributed by atoms with Crippen LogP contribution in [0.1, 0.15) is 36.0 Å². The lowest BCUT2D eigenvalue weighted by Gasteiger charge is -2.32. The number of carbonyl (C=O) groups is 2. The van der Waals surface area contributed by atoms with Gasteiger partial charge in [0.25, 0.3) is 5.91 Å². The summed E-state index contributed by atoms with van der Waals surface area (Å²) >= 11 is 0. The average Bonchev–Trinajstić information content (AvgIpc) is 3.46. The van der Waals surface area contributed by atoms with E-state index >= 15 is 0 Å². The van der Waals surface area contributed by atoms with Crippen molar-refractivity contribution in [3.8, 4) is 5.75 Å². The standard InChI is InChI=1S/C20H24N2O5S/c23-19(21-16-8-11-28(25,26)13-16)15-2-1-3-18(12-15)27-17-6-9-22(10-7-17)20(24)14-4-5-14/h1-3,8,11-12,14,16-17H,4-7,9-10,13H2,(H,21,23)/t16-/m1/s1. The second kappa shape index (κ2) is 7.58. The first-order chi connectivity index (χ1) is 13.4. The lowest BCUT2D eigenvalue weighted by Crippen LogP contribution is -2.42. The number of rotatable bonds is 5. The molecule has 8 heteroatoms. The van der Waals surface area contributed by atoms with Crippen LogP contribution in [0.3, 0.4) is 0 Å². The van der Waals surface area contributed by atoms with E-state index in [4.69, 9.17) is 4.74 Å². The van der Waals surface area contributed by atoms with Crippen LogP contribution in [0.25, 0.3) is 0 Å². The molecule has 1 N–H and O–H groups in total. The zero-order chi connectivity index (χ0) is 19.7.